The zero-order chi connectivity index (χ0) is 24.0. The van der Waals surface area contributed by atoms with Gasteiger partial charge in [0, 0.05) is 28.5 Å². The van der Waals surface area contributed by atoms with E-state index in [0.717, 1.165) is 38.7 Å². The van der Waals surface area contributed by atoms with Crippen LogP contribution in [0.1, 0.15) is 1.37 Å². The van der Waals surface area contributed by atoms with Gasteiger partial charge >= 0.3 is 0 Å². The topological polar surface area (TPSA) is 47.8 Å². The lowest BCUT2D eigenvalue weighted by Crippen LogP contribution is -2.17. The first-order chi connectivity index (χ1) is 17.0. The molecule has 0 aliphatic heterocycles. The molecule has 3 aromatic carbocycles. The molecule has 0 radical (unpaired) electrons. The van der Waals surface area contributed by atoms with Gasteiger partial charge in [0.15, 0.2) is 7.14 Å². The first-order valence-corrected chi connectivity index (χ1v) is 13.2. The van der Waals surface area contributed by atoms with Gasteiger partial charge in [-0.05, 0) is 60.3 Å². The van der Waals surface area contributed by atoms with Crippen LogP contribution < -0.4 is 10.7 Å². The van der Waals surface area contributed by atoms with E-state index in [9.17, 15) is 4.57 Å². The molecule has 164 valence electrons. The molecule has 0 spiro atoms. The lowest BCUT2D eigenvalue weighted by atomic mass is 10.0. The number of pyridine rings is 2. The molecular weight excluding hydrogens is 437 g/mol. The fourth-order valence-electron chi connectivity index (χ4n) is 4.52. The maximum atomic E-state index is 13.8. The molecule has 3 heterocycles. The summed E-state index contributed by atoms with van der Waals surface area (Å²) in [5, 5.41) is 3.05. The molecule has 1 atom stereocenters. The highest BCUT2D eigenvalue weighted by Crippen LogP contribution is 2.39. The van der Waals surface area contributed by atoms with Gasteiger partial charge in [-0.15, -0.1) is 0 Å². The van der Waals surface area contributed by atoms with Crippen LogP contribution in [0.15, 0.2) is 115 Å². The number of benzene rings is 3. The first-order valence-electron chi connectivity index (χ1n) is 11.6. The molecule has 1 unspecified atom stereocenters. The Kier molecular flexibility index (Phi) is 4.63. The van der Waals surface area contributed by atoms with Crippen molar-refractivity contribution in [2.45, 2.75) is 0 Å². The van der Waals surface area contributed by atoms with Gasteiger partial charge in [0.2, 0.25) is 0 Å². The highest BCUT2D eigenvalue weighted by molar-refractivity contribution is 7.77. The molecule has 0 saturated heterocycles. The van der Waals surface area contributed by atoms with E-state index < -0.39 is 7.14 Å². The zero-order valence-corrected chi connectivity index (χ0v) is 19.5. The Morgan fingerprint density at radius 1 is 0.735 bits per heavy atom. The number of fused-ring (bicyclic) bond motifs is 3. The van der Waals surface area contributed by atoms with Crippen molar-refractivity contribution in [2.75, 3.05) is 6.66 Å². The summed E-state index contributed by atoms with van der Waals surface area (Å²) in [4.78, 5) is 8.92. The Labute approximate surface area is 199 Å². The SMILES string of the molecule is [2H]c1ccnc(P(C)(=O)c2cccc(-c3ccc4c5ccccc5n(-c5ccccn5)c4c3)c2)c1. The van der Waals surface area contributed by atoms with E-state index in [1.165, 1.54) is 5.39 Å². The molecule has 0 saturated carbocycles. The van der Waals surface area contributed by atoms with Gasteiger partial charge in [-0.2, -0.15) is 0 Å². The van der Waals surface area contributed by atoms with Crippen LogP contribution in [0.5, 0.6) is 0 Å². The van der Waals surface area contributed by atoms with Crippen molar-refractivity contribution in [3.05, 3.63) is 115 Å². The van der Waals surface area contributed by atoms with Crippen LogP contribution in [0, 0.1) is 0 Å². The number of rotatable bonds is 4. The summed E-state index contributed by atoms with van der Waals surface area (Å²) >= 11 is 0. The fourth-order valence-corrected chi connectivity index (χ4v) is 6.14. The van der Waals surface area contributed by atoms with Crippen molar-refractivity contribution in [3.63, 3.8) is 0 Å². The predicted molar refractivity (Wildman–Crippen MR) is 141 cm³/mol. The van der Waals surface area contributed by atoms with Gasteiger partial charge < -0.3 is 4.57 Å². The minimum Gasteiger partial charge on any atom is -0.312 e. The third kappa shape index (κ3) is 3.35. The summed E-state index contributed by atoms with van der Waals surface area (Å²) in [5.41, 5.74) is 4.63. The molecule has 3 aromatic heterocycles. The Balaban J connectivity index is 1.53. The molecule has 34 heavy (non-hydrogen) atoms. The fraction of sp³-hybridized carbons (Fsp3) is 0.0345. The van der Waals surface area contributed by atoms with Crippen molar-refractivity contribution in [2.24, 2.45) is 0 Å². The third-order valence-electron chi connectivity index (χ3n) is 6.25. The van der Waals surface area contributed by atoms with E-state index in [1.807, 2.05) is 54.7 Å². The first kappa shape index (κ1) is 19.5. The van der Waals surface area contributed by atoms with Crippen LogP contribution in [0.4, 0.5) is 0 Å². The molecule has 5 heteroatoms. The molecule has 0 N–H and O–H groups in total. The van der Waals surface area contributed by atoms with Crippen molar-refractivity contribution >= 4 is 39.7 Å². The average molecular weight is 460 g/mol. The second kappa shape index (κ2) is 8.09. The average Bonchev–Trinajstić information content (AvgIpc) is 3.23. The highest BCUT2D eigenvalue weighted by Gasteiger charge is 2.23. The lowest BCUT2D eigenvalue weighted by molar-refractivity contribution is 0.590. The number of nitrogens with zero attached hydrogens (tertiary/aromatic N) is 3. The van der Waals surface area contributed by atoms with Gasteiger partial charge in [-0.25, -0.2) is 4.98 Å². The second-order valence-corrected chi connectivity index (χ2v) is 11.2. The zero-order valence-electron chi connectivity index (χ0n) is 19.6. The van der Waals surface area contributed by atoms with Crippen LogP contribution in [0.25, 0.3) is 38.8 Å². The Bertz CT molecular complexity index is 1760. The normalized spacial score (nSPS) is 13.6. The standard InChI is InChI=1S/C29H22N3OP/c1-34(33,29-14-5-7-18-31-29)23-10-8-9-21(19-23)22-15-16-25-24-11-2-3-12-26(24)32(27(25)20-22)28-13-4-6-17-30-28/h2-20H,1H3/i5D. The van der Waals surface area contributed by atoms with E-state index in [-0.39, 0.29) is 0 Å². The van der Waals surface area contributed by atoms with Crippen molar-refractivity contribution in [1.29, 1.82) is 0 Å². The van der Waals surface area contributed by atoms with Crippen LogP contribution in [-0.2, 0) is 4.57 Å². The second-order valence-electron chi connectivity index (χ2n) is 8.36. The third-order valence-corrected chi connectivity index (χ3v) is 8.63. The van der Waals surface area contributed by atoms with E-state index in [1.54, 1.807) is 25.0 Å². The van der Waals surface area contributed by atoms with Crippen molar-refractivity contribution in [3.8, 4) is 16.9 Å². The van der Waals surface area contributed by atoms with Gasteiger partial charge in [0.25, 0.3) is 0 Å². The summed E-state index contributed by atoms with van der Waals surface area (Å²) in [6, 6.07) is 32.0. The number of aromatic nitrogens is 3. The molecule has 0 bridgehead atoms. The molecule has 6 aromatic rings. The van der Waals surface area contributed by atoms with E-state index in [4.69, 9.17) is 1.37 Å². The summed E-state index contributed by atoms with van der Waals surface area (Å²) in [6.07, 6.45) is 3.35. The number of hydrogen-bond donors (Lipinski definition) is 0. The quantitative estimate of drug-likeness (QED) is 0.295. The Morgan fingerprint density at radius 2 is 1.53 bits per heavy atom. The van der Waals surface area contributed by atoms with E-state index >= 15 is 0 Å². The minimum absolute atomic E-state index is 0.307. The van der Waals surface area contributed by atoms with Crippen molar-refractivity contribution < 1.29 is 5.94 Å². The van der Waals surface area contributed by atoms with Crippen LogP contribution >= 0.6 is 7.14 Å². The van der Waals surface area contributed by atoms with Crippen molar-refractivity contribution in [1.82, 2.24) is 14.5 Å². The molecule has 6 rings (SSSR count). The molecular formula is C29H22N3OP. The molecule has 0 aliphatic rings. The van der Waals surface area contributed by atoms with Gasteiger partial charge in [-0.3, -0.25) is 9.55 Å². The van der Waals surface area contributed by atoms with E-state index in [2.05, 4.69) is 50.9 Å². The summed E-state index contributed by atoms with van der Waals surface area (Å²) in [5.74, 6) is 0.865. The van der Waals surface area contributed by atoms with Gasteiger partial charge in [0.05, 0.1) is 12.4 Å². The maximum absolute atomic E-state index is 13.8. The molecule has 0 amide bonds. The smallest absolute Gasteiger partial charge is 0.157 e. The molecule has 4 nitrogen and oxygen atoms in total. The summed E-state index contributed by atoms with van der Waals surface area (Å²) in [7, 11) is -2.95. The predicted octanol–water partition coefficient (Wildman–Crippen LogP) is 6.18. The monoisotopic (exact) mass is 460 g/mol. The summed E-state index contributed by atoms with van der Waals surface area (Å²) in [6.45, 7) is 1.72. The molecule has 0 aliphatic carbocycles. The minimum atomic E-state index is -2.95. The largest absolute Gasteiger partial charge is 0.312 e. The van der Waals surface area contributed by atoms with Gasteiger partial charge in [-0.1, -0.05) is 60.6 Å². The summed E-state index contributed by atoms with van der Waals surface area (Å²) < 4.78 is 23.9. The highest BCUT2D eigenvalue weighted by atomic mass is 31.2. The van der Waals surface area contributed by atoms with Crippen LogP contribution in [0.2, 0.25) is 0 Å². The van der Waals surface area contributed by atoms with Gasteiger partial charge in [0.1, 0.15) is 11.3 Å². The molecule has 0 fully saturated rings. The number of para-hydroxylation sites is 1. The lowest BCUT2D eigenvalue weighted by Gasteiger charge is -2.14. The van der Waals surface area contributed by atoms with Crippen LogP contribution in [-0.4, -0.2) is 21.2 Å². The number of hydrogen-bond acceptors (Lipinski definition) is 3. The van der Waals surface area contributed by atoms with Crippen LogP contribution in [0.3, 0.4) is 0 Å². The Hall–Kier alpha value is -4.01. The van der Waals surface area contributed by atoms with E-state index in [0.29, 0.717) is 11.5 Å². The Morgan fingerprint density at radius 3 is 2.38 bits per heavy atom. The maximum Gasteiger partial charge on any atom is 0.157 e.